The summed E-state index contributed by atoms with van der Waals surface area (Å²) in [5, 5.41) is 19.8. The Hall–Kier alpha value is -3.23. The summed E-state index contributed by atoms with van der Waals surface area (Å²) >= 11 is 0. The molecule has 1 aliphatic heterocycles. The quantitative estimate of drug-likeness (QED) is 0.560. The predicted octanol–water partition coefficient (Wildman–Crippen LogP) is 2.46. The third kappa shape index (κ3) is 4.62. The molecule has 3 aromatic rings. The molecule has 0 unspecified atom stereocenters. The van der Waals surface area contributed by atoms with Gasteiger partial charge in [-0.05, 0) is 46.4 Å². The molecule has 4 N–H and O–H groups in total. The number of aromatic nitrogens is 2. The lowest BCUT2D eigenvalue weighted by atomic mass is 9.86. The summed E-state index contributed by atoms with van der Waals surface area (Å²) in [6.45, 7) is 8.39. The lowest BCUT2D eigenvalue weighted by Crippen LogP contribution is -2.49. The molecule has 0 saturated carbocycles. The van der Waals surface area contributed by atoms with Crippen LogP contribution in [0, 0.1) is 0 Å². The number of hydrogen-bond acceptors (Lipinski definition) is 7. The number of carbonyl (C=O) groups is 1. The first-order valence-corrected chi connectivity index (χ1v) is 11.2. The Morgan fingerprint density at radius 3 is 2.15 bits per heavy atom. The highest BCUT2D eigenvalue weighted by atomic mass is 16.3. The smallest absolute Gasteiger partial charge is 0.253 e. The van der Waals surface area contributed by atoms with E-state index in [1.54, 1.807) is 12.1 Å². The van der Waals surface area contributed by atoms with Crippen molar-refractivity contribution < 1.29 is 15.0 Å². The zero-order chi connectivity index (χ0) is 23.8. The van der Waals surface area contributed by atoms with E-state index in [0.29, 0.717) is 65.5 Å². The van der Waals surface area contributed by atoms with Crippen molar-refractivity contribution in [1.29, 1.82) is 0 Å². The topological polar surface area (TPSA) is 116 Å². The Morgan fingerprint density at radius 2 is 1.58 bits per heavy atom. The first kappa shape index (κ1) is 22.9. The maximum absolute atomic E-state index is 13.0. The molecule has 33 heavy (non-hydrogen) atoms. The van der Waals surface area contributed by atoms with Gasteiger partial charge in [0.05, 0.1) is 18.7 Å². The SMILES string of the molecule is CC(C)(C)c1ccc(C(=O)N2CCN(c3nc(N)c4cc(CO)c(CO)cc4n3)CC2)cc1. The van der Waals surface area contributed by atoms with Gasteiger partial charge in [-0.25, -0.2) is 4.98 Å². The first-order valence-electron chi connectivity index (χ1n) is 11.2. The van der Waals surface area contributed by atoms with Crippen molar-refractivity contribution in [2.45, 2.75) is 39.4 Å². The second kappa shape index (κ2) is 8.96. The lowest BCUT2D eigenvalue weighted by Gasteiger charge is -2.35. The summed E-state index contributed by atoms with van der Waals surface area (Å²) < 4.78 is 0. The molecular weight excluding hydrogens is 418 g/mol. The summed E-state index contributed by atoms with van der Waals surface area (Å²) in [5.74, 6) is 0.854. The van der Waals surface area contributed by atoms with Gasteiger partial charge in [0.2, 0.25) is 5.95 Å². The molecule has 1 fully saturated rings. The normalized spacial score (nSPS) is 14.7. The Morgan fingerprint density at radius 1 is 0.970 bits per heavy atom. The number of hydrogen-bond donors (Lipinski definition) is 3. The monoisotopic (exact) mass is 449 g/mol. The summed E-state index contributed by atoms with van der Waals surface area (Å²) in [4.78, 5) is 25.9. The molecule has 8 heteroatoms. The van der Waals surface area contributed by atoms with Crippen LogP contribution in [0.4, 0.5) is 11.8 Å². The van der Waals surface area contributed by atoms with Gasteiger partial charge in [0.15, 0.2) is 0 Å². The number of nitrogens with two attached hydrogens (primary N) is 1. The zero-order valence-electron chi connectivity index (χ0n) is 19.4. The van der Waals surface area contributed by atoms with Crippen molar-refractivity contribution in [3.05, 3.63) is 58.7 Å². The summed E-state index contributed by atoms with van der Waals surface area (Å²) in [6.07, 6.45) is 0. The Labute approximate surface area is 193 Å². The number of anilines is 2. The van der Waals surface area contributed by atoms with Crippen LogP contribution in [-0.2, 0) is 18.6 Å². The molecule has 2 heterocycles. The third-order valence-electron chi connectivity index (χ3n) is 6.22. The van der Waals surface area contributed by atoms with Crippen LogP contribution in [0.3, 0.4) is 0 Å². The van der Waals surface area contributed by atoms with Gasteiger partial charge < -0.3 is 25.7 Å². The Kier molecular flexibility index (Phi) is 6.23. The summed E-state index contributed by atoms with van der Waals surface area (Å²) in [6, 6.07) is 11.3. The van der Waals surface area contributed by atoms with E-state index in [2.05, 4.69) is 30.7 Å². The maximum atomic E-state index is 13.0. The van der Waals surface area contributed by atoms with Crippen LogP contribution in [0.25, 0.3) is 10.9 Å². The molecule has 8 nitrogen and oxygen atoms in total. The predicted molar refractivity (Wildman–Crippen MR) is 129 cm³/mol. The van der Waals surface area contributed by atoms with E-state index in [4.69, 9.17) is 5.73 Å². The van der Waals surface area contributed by atoms with Gasteiger partial charge in [0.1, 0.15) is 5.82 Å². The number of benzene rings is 2. The van der Waals surface area contributed by atoms with Gasteiger partial charge in [0.25, 0.3) is 5.91 Å². The van der Waals surface area contributed by atoms with Crippen LogP contribution in [0.15, 0.2) is 36.4 Å². The van der Waals surface area contributed by atoms with Gasteiger partial charge >= 0.3 is 0 Å². The molecule has 0 radical (unpaired) electrons. The maximum Gasteiger partial charge on any atom is 0.253 e. The molecule has 1 aliphatic rings. The summed E-state index contributed by atoms with van der Waals surface area (Å²) in [5.41, 5.74) is 9.97. The lowest BCUT2D eigenvalue weighted by molar-refractivity contribution is 0.0746. The fourth-order valence-corrected chi connectivity index (χ4v) is 4.12. The molecular formula is C25H31N5O3. The minimum Gasteiger partial charge on any atom is -0.392 e. The minimum atomic E-state index is -0.193. The third-order valence-corrected chi connectivity index (χ3v) is 6.22. The number of amides is 1. The second-order valence-corrected chi connectivity index (χ2v) is 9.47. The standard InChI is InChI=1S/C25H31N5O3/c1-25(2,3)19-6-4-16(5-7-19)23(33)29-8-10-30(11-9-29)24-27-21-13-18(15-32)17(14-31)12-20(21)22(26)28-24/h4-7,12-13,31-32H,8-11,14-15H2,1-3H3,(H2,26,27,28). The summed E-state index contributed by atoms with van der Waals surface area (Å²) in [7, 11) is 0. The van der Waals surface area contributed by atoms with Crippen molar-refractivity contribution in [2.24, 2.45) is 0 Å². The van der Waals surface area contributed by atoms with Gasteiger partial charge in [-0.2, -0.15) is 4.98 Å². The van der Waals surface area contributed by atoms with Gasteiger partial charge in [-0.1, -0.05) is 32.9 Å². The number of piperazine rings is 1. The molecule has 0 aliphatic carbocycles. The highest BCUT2D eigenvalue weighted by molar-refractivity contribution is 5.94. The molecule has 0 bridgehead atoms. The van der Waals surface area contributed by atoms with Crippen LogP contribution < -0.4 is 10.6 Å². The van der Waals surface area contributed by atoms with E-state index in [0.717, 1.165) is 0 Å². The van der Waals surface area contributed by atoms with Crippen LogP contribution >= 0.6 is 0 Å². The number of fused-ring (bicyclic) bond motifs is 1. The van der Waals surface area contributed by atoms with E-state index in [1.807, 2.05) is 34.1 Å². The van der Waals surface area contributed by atoms with E-state index < -0.39 is 0 Å². The molecule has 174 valence electrons. The van der Waals surface area contributed by atoms with Crippen LogP contribution in [0.1, 0.15) is 47.8 Å². The fraction of sp³-hybridized carbons (Fsp3) is 0.400. The first-order chi connectivity index (χ1) is 15.7. The number of rotatable bonds is 4. The Bertz CT molecular complexity index is 1160. The van der Waals surface area contributed by atoms with Crippen LogP contribution in [0.2, 0.25) is 0 Å². The van der Waals surface area contributed by atoms with Crippen molar-refractivity contribution in [2.75, 3.05) is 36.8 Å². The number of nitrogens with zero attached hydrogens (tertiary/aromatic N) is 4. The number of aliphatic hydroxyl groups is 2. The highest BCUT2D eigenvalue weighted by Gasteiger charge is 2.25. The molecule has 2 aromatic carbocycles. The van der Waals surface area contributed by atoms with Crippen molar-refractivity contribution in [1.82, 2.24) is 14.9 Å². The Balaban J connectivity index is 1.48. The number of nitrogen functional groups attached to an aromatic ring is 1. The minimum absolute atomic E-state index is 0.0261. The van der Waals surface area contributed by atoms with Crippen molar-refractivity contribution in [3.8, 4) is 0 Å². The van der Waals surface area contributed by atoms with E-state index in [-0.39, 0.29) is 24.5 Å². The highest BCUT2D eigenvalue weighted by Crippen LogP contribution is 2.26. The molecule has 0 spiro atoms. The van der Waals surface area contributed by atoms with Crippen LogP contribution in [0.5, 0.6) is 0 Å². The largest absolute Gasteiger partial charge is 0.392 e. The average Bonchev–Trinajstić information content (AvgIpc) is 2.82. The van der Waals surface area contributed by atoms with Crippen molar-refractivity contribution in [3.63, 3.8) is 0 Å². The second-order valence-electron chi connectivity index (χ2n) is 9.47. The van der Waals surface area contributed by atoms with Crippen molar-refractivity contribution >= 4 is 28.6 Å². The number of aliphatic hydroxyl groups excluding tert-OH is 2. The van der Waals surface area contributed by atoms with Gasteiger partial charge in [-0.15, -0.1) is 0 Å². The molecule has 4 rings (SSSR count). The van der Waals surface area contributed by atoms with E-state index in [9.17, 15) is 15.0 Å². The number of carbonyl (C=O) groups excluding carboxylic acids is 1. The molecule has 0 atom stereocenters. The molecule has 1 amide bonds. The molecule has 1 saturated heterocycles. The van der Waals surface area contributed by atoms with Crippen LogP contribution in [-0.4, -0.2) is 57.2 Å². The van der Waals surface area contributed by atoms with E-state index in [1.165, 1.54) is 5.56 Å². The fourth-order valence-electron chi connectivity index (χ4n) is 4.12. The zero-order valence-corrected chi connectivity index (χ0v) is 19.4. The van der Waals surface area contributed by atoms with Gasteiger partial charge in [-0.3, -0.25) is 4.79 Å². The van der Waals surface area contributed by atoms with E-state index >= 15 is 0 Å². The van der Waals surface area contributed by atoms with Gasteiger partial charge in [0, 0.05) is 37.1 Å². The molecule has 1 aromatic heterocycles. The average molecular weight is 450 g/mol.